The van der Waals surface area contributed by atoms with Gasteiger partial charge in [0.25, 0.3) is 0 Å². The Kier molecular flexibility index (Phi) is 3.92. The van der Waals surface area contributed by atoms with Crippen molar-refractivity contribution in [2.75, 3.05) is 6.54 Å². The van der Waals surface area contributed by atoms with Crippen LogP contribution in [0.15, 0.2) is 24.4 Å². The summed E-state index contributed by atoms with van der Waals surface area (Å²) in [5.74, 6) is 0.797. The van der Waals surface area contributed by atoms with Crippen LogP contribution in [0.25, 0.3) is 10.9 Å². The van der Waals surface area contributed by atoms with E-state index in [-0.39, 0.29) is 5.91 Å². The number of aryl methyl sites for hydroxylation is 1. The number of nitrogens with one attached hydrogen (secondary N) is 1. The molecule has 1 amide bonds. The highest BCUT2D eigenvalue weighted by atomic mass is 35.5. The van der Waals surface area contributed by atoms with E-state index in [0.717, 1.165) is 17.4 Å². The average Bonchev–Trinajstić information content (AvgIpc) is 2.77. The molecule has 1 fully saturated rings. The molecule has 4 nitrogen and oxygen atoms in total. The highest BCUT2D eigenvalue weighted by Gasteiger charge is 2.17. The number of rotatable bonds is 5. The summed E-state index contributed by atoms with van der Waals surface area (Å²) < 4.78 is 1.84. The molecule has 1 saturated carbocycles. The smallest absolute Gasteiger partial charge is 0.221 e. The van der Waals surface area contributed by atoms with Crippen LogP contribution < -0.4 is 5.32 Å². The number of amides is 1. The Morgan fingerprint density at radius 2 is 2.30 bits per heavy atom. The Labute approximate surface area is 123 Å². The number of hydrogen-bond donors (Lipinski definition) is 1. The van der Waals surface area contributed by atoms with Crippen molar-refractivity contribution in [2.45, 2.75) is 32.2 Å². The minimum Gasteiger partial charge on any atom is -0.356 e. The van der Waals surface area contributed by atoms with Crippen molar-refractivity contribution < 1.29 is 4.79 Å². The van der Waals surface area contributed by atoms with Crippen molar-refractivity contribution in [2.24, 2.45) is 5.92 Å². The summed E-state index contributed by atoms with van der Waals surface area (Å²) in [6.07, 6.45) is 6.07. The van der Waals surface area contributed by atoms with Gasteiger partial charge < -0.3 is 5.32 Å². The lowest BCUT2D eigenvalue weighted by Gasteiger charge is -2.25. The Balaban J connectivity index is 1.56. The summed E-state index contributed by atoms with van der Waals surface area (Å²) in [6.45, 7) is 1.41. The first-order valence-electron chi connectivity index (χ1n) is 7.10. The molecule has 0 saturated heterocycles. The van der Waals surface area contributed by atoms with Crippen LogP contribution in [0.3, 0.4) is 0 Å². The Morgan fingerprint density at radius 1 is 1.45 bits per heavy atom. The maximum absolute atomic E-state index is 11.8. The van der Waals surface area contributed by atoms with E-state index in [9.17, 15) is 4.79 Å². The molecule has 1 aliphatic carbocycles. The molecule has 0 radical (unpaired) electrons. The summed E-state index contributed by atoms with van der Waals surface area (Å²) in [4.78, 5) is 11.8. The first-order chi connectivity index (χ1) is 9.72. The van der Waals surface area contributed by atoms with E-state index < -0.39 is 0 Å². The number of carbonyl (C=O) groups is 1. The predicted octanol–water partition coefficient (Wildman–Crippen LogP) is 3.00. The van der Waals surface area contributed by atoms with Gasteiger partial charge in [0.1, 0.15) is 0 Å². The molecule has 1 heterocycles. The molecule has 5 heteroatoms. The van der Waals surface area contributed by atoms with Crippen molar-refractivity contribution in [1.82, 2.24) is 15.1 Å². The minimum absolute atomic E-state index is 0.0996. The lowest BCUT2D eigenvalue weighted by atomic mass is 9.85. The molecule has 106 valence electrons. The predicted molar refractivity (Wildman–Crippen MR) is 79.7 cm³/mol. The van der Waals surface area contributed by atoms with Gasteiger partial charge in [0.15, 0.2) is 0 Å². The number of halogens is 1. The zero-order valence-electron chi connectivity index (χ0n) is 11.3. The fourth-order valence-corrected chi connectivity index (χ4v) is 2.64. The molecule has 0 aliphatic heterocycles. The SMILES string of the molecule is O=C(CCn1ncc2ccc(Cl)cc21)NCC1CCC1. The van der Waals surface area contributed by atoms with E-state index in [1.54, 1.807) is 6.20 Å². The topological polar surface area (TPSA) is 46.9 Å². The number of aromatic nitrogens is 2. The summed E-state index contributed by atoms with van der Waals surface area (Å²) in [5, 5.41) is 9.04. The summed E-state index contributed by atoms with van der Waals surface area (Å²) in [7, 11) is 0. The van der Waals surface area contributed by atoms with Crippen LogP contribution in [0.1, 0.15) is 25.7 Å². The van der Waals surface area contributed by atoms with Crippen molar-refractivity contribution in [3.05, 3.63) is 29.4 Å². The summed E-state index contributed by atoms with van der Waals surface area (Å²) in [5.41, 5.74) is 0.976. The third-order valence-corrected chi connectivity index (χ3v) is 4.21. The largest absolute Gasteiger partial charge is 0.356 e. The van der Waals surface area contributed by atoms with E-state index >= 15 is 0 Å². The van der Waals surface area contributed by atoms with Crippen molar-refractivity contribution in [3.63, 3.8) is 0 Å². The Hall–Kier alpha value is -1.55. The van der Waals surface area contributed by atoms with Gasteiger partial charge in [-0.2, -0.15) is 5.10 Å². The molecular weight excluding hydrogens is 274 g/mol. The quantitative estimate of drug-likeness (QED) is 0.920. The number of carbonyl (C=O) groups excluding carboxylic acids is 1. The highest BCUT2D eigenvalue weighted by molar-refractivity contribution is 6.31. The average molecular weight is 292 g/mol. The van der Waals surface area contributed by atoms with Gasteiger partial charge in [0, 0.05) is 23.4 Å². The Bertz CT molecular complexity index is 619. The zero-order chi connectivity index (χ0) is 13.9. The van der Waals surface area contributed by atoms with Crippen LogP contribution in [0, 0.1) is 5.92 Å². The molecule has 0 unspecified atom stereocenters. The number of nitrogens with zero attached hydrogens (tertiary/aromatic N) is 2. The van der Waals surface area contributed by atoms with Crippen molar-refractivity contribution in [1.29, 1.82) is 0 Å². The minimum atomic E-state index is 0.0996. The normalized spacial score (nSPS) is 15.2. The molecule has 20 heavy (non-hydrogen) atoms. The maximum atomic E-state index is 11.8. The second kappa shape index (κ2) is 5.83. The maximum Gasteiger partial charge on any atom is 0.221 e. The Morgan fingerprint density at radius 3 is 3.05 bits per heavy atom. The highest BCUT2D eigenvalue weighted by Crippen LogP contribution is 2.25. The number of benzene rings is 1. The molecule has 1 aromatic heterocycles. The van der Waals surface area contributed by atoms with Crippen LogP contribution in [0.4, 0.5) is 0 Å². The van der Waals surface area contributed by atoms with E-state index in [4.69, 9.17) is 11.6 Å². The van der Waals surface area contributed by atoms with Gasteiger partial charge in [-0.25, -0.2) is 0 Å². The first-order valence-corrected chi connectivity index (χ1v) is 7.48. The van der Waals surface area contributed by atoms with E-state index in [2.05, 4.69) is 10.4 Å². The monoisotopic (exact) mass is 291 g/mol. The van der Waals surface area contributed by atoms with Crippen molar-refractivity contribution in [3.8, 4) is 0 Å². The van der Waals surface area contributed by atoms with Gasteiger partial charge in [0.05, 0.1) is 18.3 Å². The van der Waals surface area contributed by atoms with E-state index in [1.165, 1.54) is 19.3 Å². The standard InChI is InChI=1S/C15H18ClN3O/c16-13-5-4-12-10-18-19(14(12)8-13)7-6-15(20)17-9-11-2-1-3-11/h4-5,8,10-11H,1-3,6-7,9H2,(H,17,20). The van der Waals surface area contributed by atoms with E-state index in [0.29, 0.717) is 23.9 Å². The van der Waals surface area contributed by atoms with Gasteiger partial charge in [-0.15, -0.1) is 0 Å². The molecule has 0 bridgehead atoms. The van der Waals surface area contributed by atoms with Gasteiger partial charge in [-0.05, 0) is 37.0 Å². The third kappa shape index (κ3) is 2.96. The molecule has 2 aromatic rings. The number of fused-ring (bicyclic) bond motifs is 1. The number of hydrogen-bond acceptors (Lipinski definition) is 2. The van der Waals surface area contributed by atoms with Crippen LogP contribution in [-0.2, 0) is 11.3 Å². The molecule has 1 aliphatic rings. The van der Waals surface area contributed by atoms with Gasteiger partial charge in [0.2, 0.25) is 5.91 Å². The summed E-state index contributed by atoms with van der Waals surface area (Å²) >= 11 is 6.00. The van der Waals surface area contributed by atoms with Crippen LogP contribution in [0.5, 0.6) is 0 Å². The second-order valence-electron chi connectivity index (χ2n) is 5.42. The van der Waals surface area contributed by atoms with Crippen LogP contribution in [-0.4, -0.2) is 22.2 Å². The molecule has 0 spiro atoms. The molecule has 0 atom stereocenters. The van der Waals surface area contributed by atoms with Crippen LogP contribution in [0.2, 0.25) is 5.02 Å². The zero-order valence-corrected chi connectivity index (χ0v) is 12.1. The van der Waals surface area contributed by atoms with Gasteiger partial charge in [-0.3, -0.25) is 9.48 Å². The fourth-order valence-electron chi connectivity index (χ4n) is 2.47. The fraction of sp³-hybridized carbons (Fsp3) is 0.467. The molecule has 3 rings (SSSR count). The summed E-state index contributed by atoms with van der Waals surface area (Å²) in [6, 6.07) is 5.68. The molecule has 1 aromatic carbocycles. The van der Waals surface area contributed by atoms with E-state index in [1.807, 2.05) is 22.9 Å². The van der Waals surface area contributed by atoms with Crippen LogP contribution >= 0.6 is 11.6 Å². The molecule has 1 N–H and O–H groups in total. The first kappa shape index (κ1) is 13.4. The second-order valence-corrected chi connectivity index (χ2v) is 5.86. The van der Waals surface area contributed by atoms with Gasteiger partial charge in [-0.1, -0.05) is 18.0 Å². The van der Waals surface area contributed by atoms with Gasteiger partial charge >= 0.3 is 0 Å². The lowest BCUT2D eigenvalue weighted by molar-refractivity contribution is -0.121. The molecular formula is C15H18ClN3O. The third-order valence-electron chi connectivity index (χ3n) is 3.97. The lowest BCUT2D eigenvalue weighted by Crippen LogP contribution is -2.32. The van der Waals surface area contributed by atoms with Crippen molar-refractivity contribution >= 4 is 28.4 Å².